The zero-order chi connectivity index (χ0) is 20.1. The van der Waals surface area contributed by atoms with Gasteiger partial charge in [0.1, 0.15) is 0 Å². The van der Waals surface area contributed by atoms with Crippen LogP contribution in [-0.4, -0.2) is 41.8 Å². The van der Waals surface area contributed by atoms with E-state index in [0.29, 0.717) is 12.5 Å². The Balaban J connectivity index is 1.70. The third kappa shape index (κ3) is 4.47. The molecule has 0 aliphatic heterocycles. The average molecular weight is 398 g/mol. The summed E-state index contributed by atoms with van der Waals surface area (Å²) in [5.41, 5.74) is 2.44. The number of fused-ring (bicyclic) bond motifs is 1. The lowest BCUT2D eigenvalue weighted by Crippen LogP contribution is -2.34. The van der Waals surface area contributed by atoms with Crippen molar-refractivity contribution in [2.24, 2.45) is 0 Å². The van der Waals surface area contributed by atoms with Crippen LogP contribution in [0.5, 0.6) is 0 Å². The molecule has 28 heavy (non-hydrogen) atoms. The summed E-state index contributed by atoms with van der Waals surface area (Å²) < 4.78 is 27.7. The number of carbonyl (C=O) groups excluding carboxylic acids is 1. The lowest BCUT2D eigenvalue weighted by molar-refractivity contribution is -0.116. The molecule has 8 heteroatoms. The van der Waals surface area contributed by atoms with Gasteiger partial charge in [0.05, 0.1) is 17.6 Å². The number of amides is 1. The van der Waals surface area contributed by atoms with Crippen LogP contribution in [0.1, 0.15) is 12.5 Å². The Morgan fingerprint density at radius 1 is 1.14 bits per heavy atom. The van der Waals surface area contributed by atoms with Gasteiger partial charge in [-0.1, -0.05) is 42.5 Å². The number of hydrogen-bond acceptors (Lipinski definition) is 4. The average Bonchev–Trinajstić information content (AvgIpc) is 3.03. The van der Waals surface area contributed by atoms with Crippen molar-refractivity contribution < 1.29 is 13.2 Å². The molecule has 0 fully saturated rings. The van der Waals surface area contributed by atoms with Gasteiger partial charge < -0.3 is 4.57 Å². The molecule has 1 heterocycles. The third-order valence-electron chi connectivity index (χ3n) is 4.25. The highest BCUT2D eigenvalue weighted by Crippen LogP contribution is 2.19. The molecule has 3 rings (SSSR count). The lowest BCUT2D eigenvalue weighted by Gasteiger charge is -2.14. The number of carbonyl (C=O) groups is 1. The second-order valence-electron chi connectivity index (χ2n) is 6.23. The van der Waals surface area contributed by atoms with E-state index in [0.717, 1.165) is 26.3 Å². The molecule has 0 atom stereocenters. The summed E-state index contributed by atoms with van der Waals surface area (Å²) in [5, 5.41) is 3.80. The minimum absolute atomic E-state index is 0.311. The number of sulfonamides is 1. The molecule has 1 N–H and O–H groups in total. The van der Waals surface area contributed by atoms with Crippen LogP contribution in [0.15, 0.2) is 60.0 Å². The van der Waals surface area contributed by atoms with Crippen molar-refractivity contribution in [3.05, 3.63) is 65.6 Å². The van der Waals surface area contributed by atoms with Crippen LogP contribution in [0.3, 0.4) is 0 Å². The van der Waals surface area contributed by atoms with Gasteiger partial charge in [-0.2, -0.15) is 4.31 Å². The molecular formula is C20H22N4O3S. The van der Waals surface area contributed by atoms with Gasteiger partial charge in [0, 0.05) is 19.0 Å². The normalized spacial score (nSPS) is 12.1. The highest BCUT2D eigenvalue weighted by Gasteiger charge is 2.19. The Kier molecular flexibility index (Phi) is 5.91. The topological polar surface area (TPSA) is 84.3 Å². The molecule has 0 saturated carbocycles. The standard InChI is InChI=1S/C20H22N4O3S/c1-3-24-18-12-8-7-11-17(18)21-20(24)22-19(25)15-23(2)28(26,27)14-13-16-9-5-4-6-10-16/h4-14H,3,15H2,1-2H3,(H,21,22,25)/b14-13+. The molecule has 0 unspecified atom stereocenters. The van der Waals surface area contributed by atoms with E-state index >= 15 is 0 Å². The lowest BCUT2D eigenvalue weighted by atomic mass is 10.2. The number of aryl methyl sites for hydroxylation is 1. The summed E-state index contributed by atoms with van der Waals surface area (Å²) in [4.78, 5) is 16.8. The maximum atomic E-state index is 12.4. The van der Waals surface area contributed by atoms with Crippen molar-refractivity contribution >= 4 is 39.0 Å². The van der Waals surface area contributed by atoms with Gasteiger partial charge in [-0.3, -0.25) is 10.1 Å². The van der Waals surface area contributed by atoms with Crippen molar-refractivity contribution in [2.75, 3.05) is 18.9 Å². The second-order valence-corrected chi connectivity index (χ2v) is 8.16. The molecule has 1 aromatic heterocycles. The smallest absolute Gasteiger partial charge is 0.242 e. The van der Waals surface area contributed by atoms with E-state index < -0.39 is 15.9 Å². The first-order chi connectivity index (χ1) is 13.4. The van der Waals surface area contributed by atoms with Crippen LogP contribution in [0.25, 0.3) is 17.1 Å². The first-order valence-corrected chi connectivity index (χ1v) is 10.4. The fourth-order valence-electron chi connectivity index (χ4n) is 2.78. The monoisotopic (exact) mass is 398 g/mol. The van der Waals surface area contributed by atoms with Gasteiger partial charge in [0.15, 0.2) is 0 Å². The molecule has 1 amide bonds. The zero-order valence-corrected chi connectivity index (χ0v) is 16.6. The van der Waals surface area contributed by atoms with Crippen molar-refractivity contribution in [1.82, 2.24) is 13.9 Å². The number of hydrogen-bond donors (Lipinski definition) is 1. The molecule has 0 radical (unpaired) electrons. The van der Waals surface area contributed by atoms with Gasteiger partial charge in [-0.25, -0.2) is 13.4 Å². The van der Waals surface area contributed by atoms with E-state index in [2.05, 4.69) is 10.3 Å². The number of benzene rings is 2. The van der Waals surface area contributed by atoms with Crippen molar-refractivity contribution in [1.29, 1.82) is 0 Å². The Hall–Kier alpha value is -2.97. The fourth-order valence-corrected chi connectivity index (χ4v) is 3.61. The van der Waals surface area contributed by atoms with Gasteiger partial charge in [-0.05, 0) is 30.7 Å². The van der Waals surface area contributed by atoms with Crippen LogP contribution in [0.2, 0.25) is 0 Å². The van der Waals surface area contributed by atoms with Crippen molar-refractivity contribution in [3.8, 4) is 0 Å². The summed E-state index contributed by atoms with van der Waals surface area (Å²) in [7, 11) is -2.35. The number of nitrogens with one attached hydrogen (secondary N) is 1. The minimum atomic E-state index is -3.72. The highest BCUT2D eigenvalue weighted by molar-refractivity contribution is 7.92. The Morgan fingerprint density at radius 3 is 2.54 bits per heavy atom. The number of rotatable bonds is 7. The summed E-state index contributed by atoms with van der Waals surface area (Å²) in [5.74, 6) is -0.0523. The zero-order valence-electron chi connectivity index (χ0n) is 15.7. The van der Waals surface area contributed by atoms with E-state index in [9.17, 15) is 13.2 Å². The molecule has 146 valence electrons. The molecular weight excluding hydrogens is 376 g/mol. The summed E-state index contributed by atoms with van der Waals surface area (Å²) in [6.45, 7) is 2.27. The summed E-state index contributed by atoms with van der Waals surface area (Å²) >= 11 is 0. The Labute approximate surface area is 164 Å². The number of aromatic nitrogens is 2. The second kappa shape index (κ2) is 8.37. The first kappa shape index (κ1) is 19.8. The van der Waals surface area contributed by atoms with Crippen LogP contribution in [-0.2, 0) is 21.4 Å². The van der Waals surface area contributed by atoms with E-state index in [1.54, 1.807) is 12.1 Å². The molecule has 7 nitrogen and oxygen atoms in total. The summed E-state index contributed by atoms with van der Waals surface area (Å²) in [6, 6.07) is 16.7. The van der Waals surface area contributed by atoms with Gasteiger partial charge in [-0.15, -0.1) is 0 Å². The number of para-hydroxylation sites is 2. The molecule has 0 aliphatic carbocycles. The number of likely N-dealkylation sites (N-methyl/N-ethyl adjacent to an activating group) is 1. The van der Waals surface area contributed by atoms with Crippen LogP contribution < -0.4 is 5.32 Å². The minimum Gasteiger partial charge on any atom is -0.310 e. The number of nitrogens with zero attached hydrogens (tertiary/aromatic N) is 3. The van der Waals surface area contributed by atoms with E-state index in [1.807, 2.05) is 54.0 Å². The molecule has 0 spiro atoms. The SMILES string of the molecule is CCn1c(NC(=O)CN(C)S(=O)(=O)/C=C/c2ccccc2)nc2ccccc21. The molecule has 0 saturated heterocycles. The van der Waals surface area contributed by atoms with Crippen LogP contribution >= 0.6 is 0 Å². The van der Waals surface area contributed by atoms with E-state index in [-0.39, 0.29) is 6.54 Å². The van der Waals surface area contributed by atoms with Crippen molar-refractivity contribution in [3.63, 3.8) is 0 Å². The third-order valence-corrected chi connectivity index (χ3v) is 5.73. The summed E-state index contributed by atoms with van der Waals surface area (Å²) in [6.07, 6.45) is 1.50. The van der Waals surface area contributed by atoms with E-state index in [4.69, 9.17) is 0 Å². The molecule has 0 bridgehead atoms. The number of anilines is 1. The predicted molar refractivity (Wildman–Crippen MR) is 111 cm³/mol. The predicted octanol–water partition coefficient (Wildman–Crippen LogP) is 2.93. The van der Waals surface area contributed by atoms with Gasteiger partial charge in [0.2, 0.25) is 21.9 Å². The molecule has 3 aromatic rings. The fraction of sp³-hybridized carbons (Fsp3) is 0.200. The first-order valence-electron chi connectivity index (χ1n) is 8.85. The van der Waals surface area contributed by atoms with E-state index in [1.165, 1.54) is 13.1 Å². The van der Waals surface area contributed by atoms with Crippen LogP contribution in [0.4, 0.5) is 5.95 Å². The Morgan fingerprint density at radius 2 is 1.82 bits per heavy atom. The van der Waals surface area contributed by atoms with Gasteiger partial charge in [0.25, 0.3) is 0 Å². The molecule has 0 aliphatic rings. The number of imidazole rings is 1. The highest BCUT2D eigenvalue weighted by atomic mass is 32.2. The maximum Gasteiger partial charge on any atom is 0.242 e. The Bertz CT molecular complexity index is 1100. The molecule has 2 aromatic carbocycles. The van der Waals surface area contributed by atoms with Gasteiger partial charge >= 0.3 is 0 Å². The van der Waals surface area contributed by atoms with Crippen molar-refractivity contribution in [2.45, 2.75) is 13.5 Å². The van der Waals surface area contributed by atoms with Crippen LogP contribution in [0, 0.1) is 0 Å². The largest absolute Gasteiger partial charge is 0.310 e. The maximum absolute atomic E-state index is 12.4. The quantitative estimate of drug-likeness (QED) is 0.663.